The Kier molecular flexibility index (Phi) is 3.64. The third-order valence-electron chi connectivity index (χ3n) is 3.33. The second-order valence-electron chi connectivity index (χ2n) is 4.68. The van der Waals surface area contributed by atoms with Crippen molar-refractivity contribution in [2.45, 2.75) is 12.8 Å². The summed E-state index contributed by atoms with van der Waals surface area (Å²) in [4.78, 5) is 0. The molecule has 0 aliphatic heterocycles. The molecule has 2 N–H and O–H groups in total. The summed E-state index contributed by atoms with van der Waals surface area (Å²) < 4.78 is 15.9. The number of benzene rings is 1. The molecule has 0 aliphatic carbocycles. The monoisotopic (exact) mass is 284 g/mol. The van der Waals surface area contributed by atoms with Crippen molar-refractivity contribution < 1.29 is 13.7 Å². The number of nitrogen functional groups attached to an aromatic ring is 1. The van der Waals surface area contributed by atoms with Crippen molar-refractivity contribution in [2.24, 2.45) is 0 Å². The summed E-state index contributed by atoms with van der Waals surface area (Å²) in [7, 11) is 1.63. The Morgan fingerprint density at radius 1 is 1.19 bits per heavy atom. The minimum absolute atomic E-state index is 0.387. The van der Waals surface area contributed by atoms with Gasteiger partial charge in [0.15, 0.2) is 5.82 Å². The average Bonchev–Trinajstić information content (AvgIpc) is 3.14. The number of rotatable bonds is 5. The number of hydrogen-bond donors (Lipinski definition) is 1. The summed E-state index contributed by atoms with van der Waals surface area (Å²) in [5, 5.41) is 3.88. The maximum atomic E-state index is 5.94. The molecular formula is C16H16N2O3. The van der Waals surface area contributed by atoms with Gasteiger partial charge < -0.3 is 19.4 Å². The molecule has 0 spiro atoms. The van der Waals surface area contributed by atoms with Crippen molar-refractivity contribution in [3.8, 4) is 16.9 Å². The highest BCUT2D eigenvalue weighted by Crippen LogP contribution is 2.32. The van der Waals surface area contributed by atoms with Crippen LogP contribution in [-0.2, 0) is 12.8 Å². The molecule has 21 heavy (non-hydrogen) atoms. The molecule has 0 saturated carbocycles. The molecule has 5 heteroatoms. The molecule has 0 fully saturated rings. The fourth-order valence-electron chi connectivity index (χ4n) is 2.29. The first-order valence-corrected chi connectivity index (χ1v) is 6.68. The van der Waals surface area contributed by atoms with Crippen molar-refractivity contribution in [3.63, 3.8) is 0 Å². The van der Waals surface area contributed by atoms with Crippen molar-refractivity contribution in [2.75, 3.05) is 12.8 Å². The van der Waals surface area contributed by atoms with E-state index >= 15 is 0 Å². The number of hydrogen-bond acceptors (Lipinski definition) is 5. The van der Waals surface area contributed by atoms with Gasteiger partial charge in [-0.05, 0) is 29.8 Å². The smallest absolute Gasteiger partial charge is 0.175 e. The Balaban J connectivity index is 1.89. The minimum Gasteiger partial charge on any atom is -0.497 e. The summed E-state index contributed by atoms with van der Waals surface area (Å²) in [6.45, 7) is 0. The fraction of sp³-hybridized carbons (Fsp3) is 0.188. The first-order chi connectivity index (χ1) is 10.3. The Hall–Kier alpha value is -2.69. The fourth-order valence-corrected chi connectivity index (χ4v) is 2.29. The van der Waals surface area contributed by atoms with Gasteiger partial charge in [0.25, 0.3) is 0 Å². The van der Waals surface area contributed by atoms with E-state index in [0.717, 1.165) is 34.8 Å². The Morgan fingerprint density at radius 3 is 2.86 bits per heavy atom. The van der Waals surface area contributed by atoms with E-state index in [9.17, 15) is 0 Å². The molecule has 108 valence electrons. The number of aromatic nitrogens is 1. The highest BCUT2D eigenvalue weighted by atomic mass is 16.5. The van der Waals surface area contributed by atoms with Crippen LogP contribution in [0.2, 0.25) is 0 Å². The molecule has 2 aromatic heterocycles. The lowest BCUT2D eigenvalue weighted by Gasteiger charge is -2.05. The lowest BCUT2D eigenvalue weighted by Crippen LogP contribution is -1.93. The highest BCUT2D eigenvalue weighted by molar-refractivity contribution is 5.76. The van der Waals surface area contributed by atoms with E-state index in [2.05, 4.69) is 5.16 Å². The first kappa shape index (κ1) is 13.3. The average molecular weight is 284 g/mol. The van der Waals surface area contributed by atoms with E-state index in [4.69, 9.17) is 19.4 Å². The third kappa shape index (κ3) is 2.76. The van der Waals surface area contributed by atoms with Gasteiger partial charge in [-0.15, -0.1) is 0 Å². The number of furan rings is 1. The maximum absolute atomic E-state index is 5.94. The number of ether oxygens (including phenoxy) is 1. The van der Waals surface area contributed by atoms with Crippen LogP contribution in [0.25, 0.3) is 11.1 Å². The SMILES string of the molecule is COc1cccc(-c2c(N)noc2CCc2ccco2)c1. The summed E-state index contributed by atoms with van der Waals surface area (Å²) >= 11 is 0. The Bertz CT molecular complexity index is 717. The first-order valence-electron chi connectivity index (χ1n) is 6.68. The molecule has 0 atom stereocenters. The van der Waals surface area contributed by atoms with Gasteiger partial charge in [0.05, 0.1) is 18.9 Å². The Labute approximate surface area is 122 Å². The van der Waals surface area contributed by atoms with Gasteiger partial charge in [0.1, 0.15) is 17.3 Å². The number of anilines is 1. The van der Waals surface area contributed by atoms with E-state index in [0.29, 0.717) is 12.2 Å². The lowest BCUT2D eigenvalue weighted by molar-refractivity contribution is 0.382. The minimum atomic E-state index is 0.387. The van der Waals surface area contributed by atoms with E-state index in [1.165, 1.54) is 0 Å². The van der Waals surface area contributed by atoms with E-state index in [-0.39, 0.29) is 0 Å². The van der Waals surface area contributed by atoms with E-state index in [1.54, 1.807) is 13.4 Å². The van der Waals surface area contributed by atoms with Crippen LogP contribution in [0.3, 0.4) is 0 Å². The van der Waals surface area contributed by atoms with Gasteiger partial charge in [0, 0.05) is 12.8 Å². The topological polar surface area (TPSA) is 74.4 Å². The molecular weight excluding hydrogens is 268 g/mol. The zero-order chi connectivity index (χ0) is 14.7. The number of methoxy groups -OCH3 is 1. The van der Waals surface area contributed by atoms with Crippen molar-refractivity contribution in [3.05, 3.63) is 54.2 Å². The van der Waals surface area contributed by atoms with Gasteiger partial charge >= 0.3 is 0 Å². The zero-order valence-electron chi connectivity index (χ0n) is 11.7. The predicted octanol–water partition coefficient (Wildman–Crippen LogP) is 3.31. The van der Waals surface area contributed by atoms with Crippen LogP contribution in [0.5, 0.6) is 5.75 Å². The van der Waals surface area contributed by atoms with Crippen LogP contribution >= 0.6 is 0 Å². The standard InChI is InChI=1S/C16H16N2O3/c1-19-13-5-2-4-11(10-13)15-14(21-18-16(15)17)8-7-12-6-3-9-20-12/h2-6,9-10H,7-8H2,1H3,(H2,17,18). The lowest BCUT2D eigenvalue weighted by atomic mass is 10.0. The van der Waals surface area contributed by atoms with Crippen molar-refractivity contribution in [1.29, 1.82) is 0 Å². The van der Waals surface area contributed by atoms with Crippen LogP contribution in [0.4, 0.5) is 5.82 Å². The zero-order valence-corrected chi connectivity index (χ0v) is 11.7. The quantitative estimate of drug-likeness (QED) is 0.778. The molecule has 5 nitrogen and oxygen atoms in total. The molecule has 0 radical (unpaired) electrons. The molecule has 0 bridgehead atoms. The summed E-state index contributed by atoms with van der Waals surface area (Å²) in [6, 6.07) is 11.5. The Morgan fingerprint density at radius 2 is 2.10 bits per heavy atom. The maximum Gasteiger partial charge on any atom is 0.175 e. The molecule has 0 saturated heterocycles. The van der Waals surface area contributed by atoms with Gasteiger partial charge in [-0.2, -0.15) is 0 Å². The second kappa shape index (κ2) is 5.75. The summed E-state index contributed by atoms with van der Waals surface area (Å²) in [5.74, 6) is 2.81. The van der Waals surface area contributed by atoms with Gasteiger partial charge in [0.2, 0.25) is 0 Å². The largest absolute Gasteiger partial charge is 0.497 e. The molecule has 3 rings (SSSR count). The van der Waals surface area contributed by atoms with Crippen molar-refractivity contribution in [1.82, 2.24) is 5.16 Å². The van der Waals surface area contributed by atoms with Crippen molar-refractivity contribution >= 4 is 5.82 Å². The highest BCUT2D eigenvalue weighted by Gasteiger charge is 2.16. The third-order valence-corrected chi connectivity index (χ3v) is 3.33. The number of nitrogens with zero attached hydrogens (tertiary/aromatic N) is 1. The van der Waals surface area contributed by atoms with Crippen LogP contribution in [0.15, 0.2) is 51.6 Å². The van der Waals surface area contributed by atoms with Crippen LogP contribution in [0, 0.1) is 0 Å². The van der Waals surface area contributed by atoms with Crippen LogP contribution in [-0.4, -0.2) is 12.3 Å². The van der Waals surface area contributed by atoms with Crippen LogP contribution < -0.4 is 10.5 Å². The molecule has 0 unspecified atom stereocenters. The molecule has 1 aromatic carbocycles. The molecule has 0 amide bonds. The second-order valence-corrected chi connectivity index (χ2v) is 4.68. The van der Waals surface area contributed by atoms with Gasteiger partial charge in [-0.25, -0.2) is 0 Å². The number of aryl methyl sites for hydroxylation is 2. The number of nitrogens with two attached hydrogens (primary N) is 1. The molecule has 3 aromatic rings. The molecule has 2 heterocycles. The molecule has 0 aliphatic rings. The van der Waals surface area contributed by atoms with Gasteiger partial charge in [-0.1, -0.05) is 17.3 Å². The normalized spacial score (nSPS) is 10.7. The summed E-state index contributed by atoms with van der Waals surface area (Å²) in [6.07, 6.45) is 3.07. The van der Waals surface area contributed by atoms with Crippen LogP contribution in [0.1, 0.15) is 11.5 Å². The van der Waals surface area contributed by atoms with E-state index < -0.39 is 0 Å². The predicted molar refractivity (Wildman–Crippen MR) is 79.0 cm³/mol. The van der Waals surface area contributed by atoms with Gasteiger partial charge in [-0.3, -0.25) is 0 Å². The van der Waals surface area contributed by atoms with E-state index in [1.807, 2.05) is 36.4 Å². The summed E-state index contributed by atoms with van der Waals surface area (Å²) in [5.41, 5.74) is 7.70.